The molecule has 0 spiro atoms. The Balaban J connectivity index is 1.79. The van der Waals surface area contributed by atoms with Crippen LogP contribution in [0.2, 0.25) is 9.62 Å². The van der Waals surface area contributed by atoms with Gasteiger partial charge in [0, 0.05) is 32.5 Å². The Morgan fingerprint density at radius 3 is 2.86 bits per heavy atom. The van der Waals surface area contributed by atoms with E-state index >= 15 is 0 Å². The lowest BCUT2D eigenvalue weighted by Gasteiger charge is -2.27. The molecule has 0 amide bonds. The summed E-state index contributed by atoms with van der Waals surface area (Å²) in [5.74, 6) is 0.789. The minimum absolute atomic E-state index is 0.0217. The lowest BCUT2D eigenvalue weighted by molar-refractivity contribution is 0.243. The zero-order valence-corrected chi connectivity index (χ0v) is 14.5. The molecule has 1 aliphatic heterocycles. The van der Waals surface area contributed by atoms with Gasteiger partial charge in [-0.3, -0.25) is 9.69 Å². The van der Waals surface area contributed by atoms with Gasteiger partial charge in [0.15, 0.2) is 4.47 Å². The van der Waals surface area contributed by atoms with Crippen LogP contribution >= 0.6 is 34.5 Å². The van der Waals surface area contributed by atoms with Gasteiger partial charge in [0.25, 0.3) is 5.56 Å². The third kappa shape index (κ3) is 3.35. The molecule has 0 radical (unpaired) electrons. The van der Waals surface area contributed by atoms with E-state index in [-0.39, 0.29) is 5.56 Å². The number of aromatic nitrogens is 3. The van der Waals surface area contributed by atoms with Gasteiger partial charge in [0.1, 0.15) is 11.0 Å². The average molecular weight is 359 g/mol. The number of hydrogen-bond acceptors (Lipinski definition) is 5. The smallest absolute Gasteiger partial charge is 0.255 e. The quantitative estimate of drug-likeness (QED) is 0.912. The molecule has 8 heteroatoms. The van der Waals surface area contributed by atoms with Gasteiger partial charge in [-0.05, 0) is 6.42 Å². The van der Waals surface area contributed by atoms with Crippen molar-refractivity contribution in [2.24, 2.45) is 0 Å². The Morgan fingerprint density at radius 2 is 2.18 bits per heavy atom. The summed E-state index contributed by atoms with van der Waals surface area (Å²) in [4.78, 5) is 26.8. The zero-order valence-electron chi connectivity index (χ0n) is 12.2. The second-order valence-electron chi connectivity index (χ2n) is 5.33. The first-order valence-corrected chi connectivity index (χ1v) is 8.78. The van der Waals surface area contributed by atoms with Crippen molar-refractivity contribution < 1.29 is 0 Å². The van der Waals surface area contributed by atoms with Crippen LogP contribution in [0, 0.1) is 0 Å². The Hall–Kier alpha value is -0.950. The molecule has 0 atom stereocenters. The number of thiazole rings is 1. The normalized spacial score (nSPS) is 15.0. The highest BCUT2D eigenvalue weighted by Crippen LogP contribution is 2.29. The molecule has 5 nitrogen and oxygen atoms in total. The van der Waals surface area contributed by atoms with E-state index in [2.05, 4.69) is 26.8 Å². The van der Waals surface area contributed by atoms with E-state index in [1.165, 1.54) is 11.3 Å². The maximum absolute atomic E-state index is 12.2. The number of nitrogens with zero attached hydrogens (tertiary/aromatic N) is 3. The lowest BCUT2D eigenvalue weighted by Crippen LogP contribution is -2.35. The first kappa shape index (κ1) is 15.9. The number of nitrogens with one attached hydrogen (secondary N) is 1. The SMILES string of the molecule is CCCc1nc2c(c(=O)[nH]1)CN(Cc1sc(Cl)nc1Cl)CC2. The van der Waals surface area contributed by atoms with Crippen molar-refractivity contribution in [1.82, 2.24) is 19.9 Å². The molecule has 118 valence electrons. The predicted octanol–water partition coefficient (Wildman–Crippen LogP) is 3.04. The van der Waals surface area contributed by atoms with Crippen molar-refractivity contribution in [2.45, 2.75) is 39.3 Å². The van der Waals surface area contributed by atoms with Crippen LogP contribution in [-0.4, -0.2) is 26.4 Å². The molecule has 3 rings (SSSR count). The van der Waals surface area contributed by atoms with E-state index in [4.69, 9.17) is 23.2 Å². The van der Waals surface area contributed by atoms with E-state index in [1.54, 1.807) is 0 Å². The molecule has 1 N–H and O–H groups in total. The molecule has 0 fully saturated rings. The molecule has 0 saturated carbocycles. The number of aryl methyl sites for hydroxylation is 1. The molecule has 22 heavy (non-hydrogen) atoms. The minimum atomic E-state index is -0.0217. The molecule has 0 saturated heterocycles. The highest BCUT2D eigenvalue weighted by molar-refractivity contribution is 7.16. The van der Waals surface area contributed by atoms with Crippen molar-refractivity contribution in [1.29, 1.82) is 0 Å². The molecular weight excluding hydrogens is 343 g/mol. The van der Waals surface area contributed by atoms with Crippen molar-refractivity contribution >= 4 is 34.5 Å². The number of halogens is 2. The van der Waals surface area contributed by atoms with Crippen LogP contribution in [0.1, 0.15) is 35.3 Å². The zero-order chi connectivity index (χ0) is 15.7. The van der Waals surface area contributed by atoms with Gasteiger partial charge in [0.2, 0.25) is 0 Å². The summed E-state index contributed by atoms with van der Waals surface area (Å²) in [6, 6.07) is 0. The van der Waals surface area contributed by atoms with Gasteiger partial charge in [-0.25, -0.2) is 9.97 Å². The van der Waals surface area contributed by atoms with Crippen LogP contribution in [0.3, 0.4) is 0 Å². The largest absolute Gasteiger partial charge is 0.310 e. The summed E-state index contributed by atoms with van der Waals surface area (Å²) in [7, 11) is 0. The highest BCUT2D eigenvalue weighted by Gasteiger charge is 2.22. The molecule has 0 aliphatic carbocycles. The molecule has 2 aromatic rings. The molecule has 0 bridgehead atoms. The van der Waals surface area contributed by atoms with Crippen LogP contribution in [0.15, 0.2) is 4.79 Å². The van der Waals surface area contributed by atoms with Crippen LogP contribution < -0.4 is 5.56 Å². The van der Waals surface area contributed by atoms with Crippen molar-refractivity contribution in [3.05, 3.63) is 41.9 Å². The average Bonchev–Trinajstić information content (AvgIpc) is 2.78. The fourth-order valence-electron chi connectivity index (χ4n) is 2.63. The summed E-state index contributed by atoms with van der Waals surface area (Å²) >= 11 is 13.3. The summed E-state index contributed by atoms with van der Waals surface area (Å²) in [6.07, 6.45) is 2.56. The first-order chi connectivity index (χ1) is 10.6. The molecule has 0 aromatic carbocycles. The van der Waals surface area contributed by atoms with Gasteiger partial charge in [-0.1, -0.05) is 30.1 Å². The van der Waals surface area contributed by atoms with Crippen LogP contribution in [0.4, 0.5) is 0 Å². The number of aromatic amines is 1. The fraction of sp³-hybridized carbons (Fsp3) is 0.500. The number of H-pyrrole nitrogens is 1. The van der Waals surface area contributed by atoms with Crippen molar-refractivity contribution in [3.8, 4) is 0 Å². The number of hydrogen-bond donors (Lipinski definition) is 1. The Labute approximate surface area is 142 Å². The maximum Gasteiger partial charge on any atom is 0.255 e. The second kappa shape index (κ2) is 6.66. The van der Waals surface area contributed by atoms with E-state index in [1.807, 2.05) is 0 Å². The fourth-order valence-corrected chi connectivity index (χ4v) is 4.06. The van der Waals surface area contributed by atoms with Gasteiger partial charge >= 0.3 is 0 Å². The number of rotatable bonds is 4. The Morgan fingerprint density at radius 1 is 1.36 bits per heavy atom. The van der Waals surface area contributed by atoms with E-state index < -0.39 is 0 Å². The van der Waals surface area contributed by atoms with Crippen LogP contribution in [0.5, 0.6) is 0 Å². The standard InChI is InChI=1S/C14H16Cl2N4OS/c1-2-3-11-17-9-4-5-20(6-8(9)13(21)18-11)7-10-12(15)19-14(16)22-10/h2-7H2,1H3,(H,17,18,21). The van der Waals surface area contributed by atoms with Crippen LogP contribution in [0.25, 0.3) is 0 Å². The van der Waals surface area contributed by atoms with Gasteiger partial charge < -0.3 is 4.98 Å². The van der Waals surface area contributed by atoms with Crippen molar-refractivity contribution in [3.63, 3.8) is 0 Å². The predicted molar refractivity (Wildman–Crippen MR) is 88.8 cm³/mol. The van der Waals surface area contributed by atoms with Crippen LogP contribution in [-0.2, 0) is 25.9 Å². The minimum Gasteiger partial charge on any atom is -0.310 e. The topological polar surface area (TPSA) is 61.9 Å². The first-order valence-electron chi connectivity index (χ1n) is 7.20. The second-order valence-corrected chi connectivity index (χ2v) is 7.35. The van der Waals surface area contributed by atoms with Gasteiger partial charge in [-0.2, -0.15) is 0 Å². The molecule has 1 aliphatic rings. The van der Waals surface area contributed by atoms with E-state index in [0.29, 0.717) is 22.7 Å². The third-order valence-electron chi connectivity index (χ3n) is 3.67. The van der Waals surface area contributed by atoms with E-state index in [9.17, 15) is 4.79 Å². The number of fused-ring (bicyclic) bond motifs is 1. The summed E-state index contributed by atoms with van der Waals surface area (Å²) in [5.41, 5.74) is 1.67. The molecule has 3 heterocycles. The lowest BCUT2D eigenvalue weighted by atomic mass is 10.1. The summed E-state index contributed by atoms with van der Waals surface area (Å²) in [6.45, 7) is 4.15. The van der Waals surface area contributed by atoms with Gasteiger partial charge in [0.05, 0.1) is 16.1 Å². The molecule has 0 unspecified atom stereocenters. The molecule has 2 aromatic heterocycles. The van der Waals surface area contributed by atoms with E-state index in [0.717, 1.165) is 47.8 Å². The van der Waals surface area contributed by atoms with Crippen molar-refractivity contribution in [2.75, 3.05) is 6.54 Å². The third-order valence-corrected chi connectivity index (χ3v) is 5.24. The van der Waals surface area contributed by atoms with Gasteiger partial charge in [-0.15, -0.1) is 11.3 Å². The summed E-state index contributed by atoms with van der Waals surface area (Å²) in [5, 5.41) is 0.450. The highest BCUT2D eigenvalue weighted by atomic mass is 35.5. The summed E-state index contributed by atoms with van der Waals surface area (Å²) < 4.78 is 0.445. The maximum atomic E-state index is 12.2. The Kier molecular flexibility index (Phi) is 4.82. The monoisotopic (exact) mass is 358 g/mol. The Bertz CT molecular complexity index is 743. The molecular formula is C14H16Cl2N4OS.